The number of nitrogens with two attached hydrogens (primary N) is 1. The van der Waals surface area contributed by atoms with Crippen molar-refractivity contribution in [3.05, 3.63) is 59.5 Å². The number of ether oxygens (including phenoxy) is 1. The number of aliphatic imine (C=N–C) groups is 1. The maximum absolute atomic E-state index is 6.47. The molecule has 0 radical (unpaired) electrons. The van der Waals surface area contributed by atoms with Crippen molar-refractivity contribution in [2.24, 2.45) is 16.6 Å². The lowest BCUT2D eigenvalue weighted by Crippen LogP contribution is -2.21. The summed E-state index contributed by atoms with van der Waals surface area (Å²) in [6, 6.07) is 11.9. The van der Waals surface area contributed by atoms with Gasteiger partial charge in [0.05, 0.1) is 29.2 Å². The van der Waals surface area contributed by atoms with E-state index in [2.05, 4.69) is 31.0 Å². The van der Waals surface area contributed by atoms with Gasteiger partial charge in [-0.3, -0.25) is 9.98 Å². The fourth-order valence-electron chi connectivity index (χ4n) is 4.19. The molecule has 2 aromatic heterocycles. The molecule has 0 saturated heterocycles. The third-order valence-electron chi connectivity index (χ3n) is 5.97. The van der Waals surface area contributed by atoms with E-state index in [9.17, 15) is 0 Å². The van der Waals surface area contributed by atoms with Crippen LogP contribution in [-0.4, -0.2) is 34.6 Å². The highest BCUT2D eigenvalue weighted by Gasteiger charge is 2.23. The van der Waals surface area contributed by atoms with Crippen molar-refractivity contribution in [1.82, 2.24) is 14.8 Å². The molecule has 4 rings (SSSR count). The number of benzene rings is 1. The molecule has 32 heavy (non-hydrogen) atoms. The first-order valence-electron chi connectivity index (χ1n) is 10.9. The first kappa shape index (κ1) is 22.3. The van der Waals surface area contributed by atoms with Gasteiger partial charge in [-0.25, -0.2) is 4.68 Å². The SMILES string of the molecule is CN=C(/C(Br)=C(/N)n1cc(-c2ccc(-c3cccc(OC)c3)nc2)cn1)C1CCCCC1. The summed E-state index contributed by atoms with van der Waals surface area (Å²) in [7, 11) is 3.50. The second-order valence-electron chi connectivity index (χ2n) is 7.98. The van der Waals surface area contributed by atoms with E-state index in [4.69, 9.17) is 10.5 Å². The Kier molecular flexibility index (Phi) is 7.05. The van der Waals surface area contributed by atoms with Crippen molar-refractivity contribution >= 4 is 27.5 Å². The predicted octanol–water partition coefficient (Wildman–Crippen LogP) is 5.75. The largest absolute Gasteiger partial charge is 0.497 e. The lowest BCUT2D eigenvalue weighted by atomic mass is 9.85. The molecule has 0 amide bonds. The number of halogens is 1. The average molecular weight is 494 g/mol. The fraction of sp³-hybridized carbons (Fsp3) is 0.320. The van der Waals surface area contributed by atoms with Crippen LogP contribution in [0.1, 0.15) is 32.1 Å². The average Bonchev–Trinajstić information content (AvgIpc) is 3.35. The Labute approximate surface area is 197 Å². The molecule has 2 heterocycles. The van der Waals surface area contributed by atoms with Crippen LogP contribution in [0.15, 0.2) is 64.5 Å². The Morgan fingerprint density at radius 2 is 1.91 bits per heavy atom. The fourth-order valence-corrected chi connectivity index (χ4v) is 4.87. The second kappa shape index (κ2) is 10.1. The zero-order valence-electron chi connectivity index (χ0n) is 18.5. The second-order valence-corrected chi connectivity index (χ2v) is 8.77. The summed E-state index contributed by atoms with van der Waals surface area (Å²) in [6.07, 6.45) is 11.7. The molecule has 0 spiro atoms. The molecule has 0 unspecified atom stereocenters. The van der Waals surface area contributed by atoms with E-state index in [-0.39, 0.29) is 0 Å². The van der Waals surface area contributed by atoms with Gasteiger partial charge in [0.25, 0.3) is 0 Å². The number of hydrogen-bond acceptors (Lipinski definition) is 5. The van der Waals surface area contributed by atoms with E-state index >= 15 is 0 Å². The van der Waals surface area contributed by atoms with Gasteiger partial charge in [-0.1, -0.05) is 37.5 Å². The number of aromatic nitrogens is 3. The molecule has 0 bridgehead atoms. The van der Waals surface area contributed by atoms with Gasteiger partial charge < -0.3 is 10.5 Å². The Hall–Kier alpha value is -2.93. The summed E-state index contributed by atoms with van der Waals surface area (Å²) < 4.78 is 7.83. The van der Waals surface area contributed by atoms with E-state index in [1.807, 2.05) is 55.8 Å². The summed E-state index contributed by atoms with van der Waals surface area (Å²) in [5.74, 6) is 1.80. The van der Waals surface area contributed by atoms with E-state index in [0.29, 0.717) is 11.7 Å². The van der Waals surface area contributed by atoms with Gasteiger partial charge in [0.2, 0.25) is 0 Å². The van der Waals surface area contributed by atoms with Gasteiger partial charge in [0, 0.05) is 42.0 Å². The molecule has 3 aromatic rings. The molecule has 2 N–H and O–H groups in total. The van der Waals surface area contributed by atoms with Crippen LogP contribution in [0.5, 0.6) is 5.75 Å². The first-order chi connectivity index (χ1) is 15.6. The van der Waals surface area contributed by atoms with Crippen molar-refractivity contribution in [2.45, 2.75) is 32.1 Å². The van der Waals surface area contributed by atoms with E-state index in [1.165, 1.54) is 19.3 Å². The van der Waals surface area contributed by atoms with Crippen LogP contribution in [0.4, 0.5) is 0 Å². The molecule has 1 saturated carbocycles. The van der Waals surface area contributed by atoms with Gasteiger partial charge in [-0.05, 0) is 47.0 Å². The Morgan fingerprint density at radius 3 is 2.59 bits per heavy atom. The van der Waals surface area contributed by atoms with Crippen molar-refractivity contribution in [3.63, 3.8) is 0 Å². The number of nitrogens with zero attached hydrogens (tertiary/aromatic N) is 4. The molecule has 166 valence electrons. The number of methoxy groups -OCH3 is 1. The monoisotopic (exact) mass is 493 g/mol. The minimum atomic E-state index is 0.449. The maximum Gasteiger partial charge on any atom is 0.141 e. The van der Waals surface area contributed by atoms with Gasteiger partial charge in [-0.15, -0.1) is 0 Å². The number of pyridine rings is 1. The van der Waals surface area contributed by atoms with E-state index in [1.54, 1.807) is 18.0 Å². The number of rotatable bonds is 6. The molecule has 7 heteroatoms. The number of hydrogen-bond donors (Lipinski definition) is 1. The highest BCUT2D eigenvalue weighted by atomic mass is 79.9. The van der Waals surface area contributed by atoms with Crippen LogP contribution in [0.3, 0.4) is 0 Å². The van der Waals surface area contributed by atoms with Gasteiger partial charge in [-0.2, -0.15) is 5.10 Å². The Morgan fingerprint density at radius 1 is 1.09 bits per heavy atom. The zero-order chi connectivity index (χ0) is 22.5. The van der Waals surface area contributed by atoms with Crippen molar-refractivity contribution in [2.75, 3.05) is 14.2 Å². The lowest BCUT2D eigenvalue weighted by Gasteiger charge is -2.23. The van der Waals surface area contributed by atoms with Crippen LogP contribution in [0.25, 0.3) is 28.2 Å². The summed E-state index contributed by atoms with van der Waals surface area (Å²) in [4.78, 5) is 9.17. The minimum absolute atomic E-state index is 0.449. The normalized spacial score (nSPS) is 16.0. The van der Waals surface area contributed by atoms with Gasteiger partial charge in [0.15, 0.2) is 0 Å². The summed E-state index contributed by atoms with van der Waals surface area (Å²) in [5.41, 5.74) is 11.3. The summed E-state index contributed by atoms with van der Waals surface area (Å²) in [5, 5.41) is 4.48. The van der Waals surface area contributed by atoms with E-state index in [0.717, 1.165) is 51.2 Å². The van der Waals surface area contributed by atoms with Crippen molar-refractivity contribution < 1.29 is 4.74 Å². The smallest absolute Gasteiger partial charge is 0.141 e. The summed E-state index contributed by atoms with van der Waals surface area (Å²) >= 11 is 3.70. The standard InChI is InChI=1S/C25H28BrN5O/c1-28-24(17-7-4-3-5-8-17)23(26)25(27)31-16-20(15-30-31)19-11-12-22(29-14-19)18-9-6-10-21(13-18)32-2/h6,9-17H,3-5,7-8,27H2,1-2H3/b25-23+,28-24?. The van der Waals surface area contributed by atoms with Crippen molar-refractivity contribution in [3.8, 4) is 28.1 Å². The molecule has 1 aliphatic carbocycles. The lowest BCUT2D eigenvalue weighted by molar-refractivity contribution is 0.415. The molecule has 6 nitrogen and oxygen atoms in total. The first-order valence-corrected chi connectivity index (χ1v) is 11.7. The van der Waals surface area contributed by atoms with Crippen LogP contribution < -0.4 is 10.5 Å². The highest BCUT2D eigenvalue weighted by Crippen LogP contribution is 2.31. The van der Waals surface area contributed by atoms with E-state index < -0.39 is 0 Å². The van der Waals surface area contributed by atoms with Crippen LogP contribution in [0, 0.1) is 5.92 Å². The van der Waals surface area contributed by atoms with Crippen LogP contribution in [0.2, 0.25) is 0 Å². The molecule has 1 fully saturated rings. The molecule has 0 aliphatic heterocycles. The molecule has 1 aromatic carbocycles. The molecule has 0 atom stereocenters. The summed E-state index contributed by atoms with van der Waals surface area (Å²) in [6.45, 7) is 0. The third-order valence-corrected chi connectivity index (χ3v) is 6.79. The molecular weight excluding hydrogens is 466 g/mol. The number of allylic oxidation sites excluding steroid dienone is 1. The zero-order valence-corrected chi connectivity index (χ0v) is 20.0. The van der Waals surface area contributed by atoms with Gasteiger partial charge in [0.1, 0.15) is 11.6 Å². The molecular formula is C25H28BrN5O. The topological polar surface area (TPSA) is 78.3 Å². The Bertz CT molecular complexity index is 1130. The minimum Gasteiger partial charge on any atom is -0.497 e. The van der Waals surface area contributed by atoms with Gasteiger partial charge >= 0.3 is 0 Å². The third kappa shape index (κ3) is 4.78. The van der Waals surface area contributed by atoms with Crippen LogP contribution in [-0.2, 0) is 0 Å². The molecule has 1 aliphatic rings. The maximum atomic E-state index is 6.47. The highest BCUT2D eigenvalue weighted by molar-refractivity contribution is 9.12. The quantitative estimate of drug-likeness (QED) is 0.443. The van der Waals surface area contributed by atoms with Crippen LogP contribution >= 0.6 is 15.9 Å². The predicted molar refractivity (Wildman–Crippen MR) is 134 cm³/mol. The van der Waals surface area contributed by atoms with Crippen molar-refractivity contribution in [1.29, 1.82) is 0 Å². The Balaban J connectivity index is 1.55.